The molecule has 1 atom stereocenters. The zero-order chi connectivity index (χ0) is 24.0. The number of anilines is 2. The van der Waals surface area contributed by atoms with E-state index in [1.54, 1.807) is 30.5 Å². The van der Waals surface area contributed by atoms with Gasteiger partial charge in [-0.3, -0.25) is 9.59 Å². The van der Waals surface area contributed by atoms with Gasteiger partial charge < -0.3 is 29.2 Å². The summed E-state index contributed by atoms with van der Waals surface area (Å²) in [6, 6.07) is 7.98. The number of rotatable bonds is 4. The summed E-state index contributed by atoms with van der Waals surface area (Å²) in [6.45, 7) is 5.20. The molecule has 0 spiro atoms. The molecule has 0 aliphatic carbocycles. The maximum absolute atomic E-state index is 15.4. The third-order valence-corrected chi connectivity index (χ3v) is 6.53. The zero-order valence-corrected chi connectivity index (χ0v) is 19.4. The Hall–Kier alpha value is -3.59. The van der Waals surface area contributed by atoms with Gasteiger partial charge in [0.05, 0.1) is 24.1 Å². The lowest BCUT2D eigenvalue weighted by molar-refractivity contribution is 0.102. The summed E-state index contributed by atoms with van der Waals surface area (Å²) in [5, 5.41) is 2.88. The number of nitrogens with one attached hydrogen (secondary N) is 1. The van der Waals surface area contributed by atoms with Crippen LogP contribution in [0.3, 0.4) is 0 Å². The molecule has 34 heavy (non-hydrogen) atoms. The molecule has 0 bridgehead atoms. The minimum absolute atomic E-state index is 0.0539. The van der Waals surface area contributed by atoms with Gasteiger partial charge in [0.15, 0.2) is 11.6 Å². The van der Waals surface area contributed by atoms with Crippen molar-refractivity contribution in [2.75, 3.05) is 57.2 Å². The largest absolute Gasteiger partial charge is 0.497 e. The molecule has 9 heteroatoms. The first-order valence-electron chi connectivity index (χ1n) is 11.3. The van der Waals surface area contributed by atoms with Gasteiger partial charge in [-0.25, -0.2) is 4.39 Å². The van der Waals surface area contributed by atoms with Crippen LogP contribution >= 0.6 is 0 Å². The smallest absolute Gasteiger partial charge is 0.261 e. The first kappa shape index (κ1) is 22.2. The number of carbonyl (C=O) groups excluding carboxylic acids is 1. The minimum atomic E-state index is -0.562. The molecule has 2 aliphatic rings. The monoisotopic (exact) mass is 466 g/mol. The molecule has 1 saturated heterocycles. The Bertz CT molecular complexity index is 1330. The van der Waals surface area contributed by atoms with Crippen molar-refractivity contribution in [3.8, 4) is 11.5 Å². The average molecular weight is 467 g/mol. The summed E-state index contributed by atoms with van der Waals surface area (Å²) in [4.78, 5) is 30.6. The number of hydrogen-bond acceptors (Lipinski definition) is 6. The zero-order valence-electron chi connectivity index (χ0n) is 19.4. The van der Waals surface area contributed by atoms with E-state index in [4.69, 9.17) is 9.47 Å². The van der Waals surface area contributed by atoms with Crippen molar-refractivity contribution < 1.29 is 18.7 Å². The predicted molar refractivity (Wildman–Crippen MR) is 129 cm³/mol. The summed E-state index contributed by atoms with van der Waals surface area (Å²) >= 11 is 0. The molecule has 5 rings (SSSR count). The Morgan fingerprint density at radius 1 is 1.21 bits per heavy atom. The van der Waals surface area contributed by atoms with E-state index in [0.717, 1.165) is 13.1 Å². The van der Waals surface area contributed by atoms with Crippen LogP contribution in [-0.2, 0) is 0 Å². The van der Waals surface area contributed by atoms with Crippen LogP contribution < -0.4 is 25.1 Å². The molecular formula is C25H27FN4O4. The number of pyridine rings is 1. The lowest BCUT2D eigenvalue weighted by Gasteiger charge is -2.37. The number of ether oxygens (including phenoxy) is 2. The standard InChI is InChI=1S/C25H27FN4O4/c1-15-14-34-24-21-18(12-20(26)22(24)29-9-7-28(2)8-10-29)23(31)19(13-30(15)21)25(32)27-16-5-4-6-17(11-16)33-3/h4-6,11-13,15H,7-10,14H2,1-3H3,(H,27,32)/t15-/m0/s1. The van der Waals surface area contributed by atoms with E-state index < -0.39 is 17.2 Å². The van der Waals surface area contributed by atoms with Gasteiger partial charge in [-0.2, -0.15) is 0 Å². The van der Waals surface area contributed by atoms with Crippen LogP contribution in [0.25, 0.3) is 10.9 Å². The summed E-state index contributed by atoms with van der Waals surface area (Å²) in [7, 11) is 3.57. The molecule has 0 saturated carbocycles. The van der Waals surface area contributed by atoms with E-state index in [0.29, 0.717) is 48.1 Å². The van der Waals surface area contributed by atoms with Crippen molar-refractivity contribution in [1.29, 1.82) is 0 Å². The Morgan fingerprint density at radius 3 is 2.71 bits per heavy atom. The number of likely N-dealkylation sites (N-methyl/N-ethyl adjacent to an activating group) is 1. The summed E-state index contributed by atoms with van der Waals surface area (Å²) in [5.74, 6) is -0.130. The van der Waals surface area contributed by atoms with E-state index in [-0.39, 0.29) is 17.0 Å². The molecule has 1 aromatic heterocycles. The highest BCUT2D eigenvalue weighted by Crippen LogP contribution is 2.42. The fraction of sp³-hybridized carbons (Fsp3) is 0.360. The molecular weight excluding hydrogens is 439 g/mol. The van der Waals surface area contributed by atoms with Gasteiger partial charge in [0.25, 0.3) is 5.91 Å². The number of halogens is 1. The number of aromatic nitrogens is 1. The van der Waals surface area contributed by atoms with E-state index in [1.807, 2.05) is 23.4 Å². The lowest BCUT2D eigenvalue weighted by atomic mass is 10.0. The van der Waals surface area contributed by atoms with Crippen LogP contribution in [-0.4, -0.2) is 62.3 Å². The molecule has 2 aromatic carbocycles. The average Bonchev–Trinajstić information content (AvgIpc) is 2.83. The number of benzene rings is 2. The van der Waals surface area contributed by atoms with Gasteiger partial charge in [-0.1, -0.05) is 6.07 Å². The highest BCUT2D eigenvalue weighted by atomic mass is 19.1. The molecule has 0 unspecified atom stereocenters. The molecule has 1 amide bonds. The predicted octanol–water partition coefficient (Wildman–Crippen LogP) is 3.11. The first-order chi connectivity index (χ1) is 16.4. The third-order valence-electron chi connectivity index (χ3n) is 6.53. The van der Waals surface area contributed by atoms with E-state index in [1.165, 1.54) is 13.2 Å². The van der Waals surface area contributed by atoms with Crippen molar-refractivity contribution >= 4 is 28.2 Å². The van der Waals surface area contributed by atoms with Crippen LogP contribution in [0.2, 0.25) is 0 Å². The number of nitrogens with zero attached hydrogens (tertiary/aromatic N) is 3. The van der Waals surface area contributed by atoms with E-state index in [2.05, 4.69) is 10.2 Å². The van der Waals surface area contributed by atoms with Crippen LogP contribution in [0, 0.1) is 5.82 Å². The third kappa shape index (κ3) is 3.75. The Morgan fingerprint density at radius 2 is 1.97 bits per heavy atom. The van der Waals surface area contributed by atoms with Crippen LogP contribution in [0.1, 0.15) is 23.3 Å². The Labute approximate surface area is 196 Å². The second kappa shape index (κ2) is 8.64. The Kier molecular flexibility index (Phi) is 5.65. The van der Waals surface area contributed by atoms with Crippen LogP contribution in [0.4, 0.5) is 15.8 Å². The normalized spacial score (nSPS) is 18.0. The number of hydrogen-bond donors (Lipinski definition) is 1. The fourth-order valence-electron chi connectivity index (χ4n) is 4.60. The second-order valence-electron chi connectivity index (χ2n) is 8.85. The molecule has 3 aromatic rings. The van der Waals surface area contributed by atoms with Gasteiger partial charge in [0, 0.05) is 44.1 Å². The van der Waals surface area contributed by atoms with Crippen molar-refractivity contribution in [1.82, 2.24) is 9.47 Å². The van der Waals surface area contributed by atoms with Gasteiger partial charge >= 0.3 is 0 Å². The summed E-state index contributed by atoms with van der Waals surface area (Å²) < 4.78 is 28.5. The molecule has 8 nitrogen and oxygen atoms in total. The quantitative estimate of drug-likeness (QED) is 0.637. The minimum Gasteiger partial charge on any atom is -0.497 e. The Balaban J connectivity index is 1.61. The van der Waals surface area contributed by atoms with Gasteiger partial charge in [0.1, 0.15) is 23.6 Å². The molecule has 3 heterocycles. The van der Waals surface area contributed by atoms with E-state index >= 15 is 4.39 Å². The van der Waals surface area contributed by atoms with Gasteiger partial charge in [-0.05, 0) is 32.2 Å². The highest BCUT2D eigenvalue weighted by Gasteiger charge is 2.31. The number of methoxy groups -OCH3 is 1. The fourth-order valence-corrected chi connectivity index (χ4v) is 4.60. The molecule has 0 radical (unpaired) electrons. The van der Waals surface area contributed by atoms with Crippen molar-refractivity contribution in [2.45, 2.75) is 13.0 Å². The van der Waals surface area contributed by atoms with Gasteiger partial charge in [0.2, 0.25) is 5.43 Å². The van der Waals surface area contributed by atoms with Crippen molar-refractivity contribution in [3.63, 3.8) is 0 Å². The van der Waals surface area contributed by atoms with Crippen LogP contribution in [0.15, 0.2) is 41.3 Å². The maximum Gasteiger partial charge on any atom is 0.261 e. The van der Waals surface area contributed by atoms with Crippen molar-refractivity contribution in [3.05, 3.63) is 58.1 Å². The van der Waals surface area contributed by atoms with Crippen molar-refractivity contribution in [2.24, 2.45) is 0 Å². The molecule has 1 N–H and O–H groups in total. The highest BCUT2D eigenvalue weighted by molar-refractivity contribution is 6.06. The van der Waals surface area contributed by atoms with Gasteiger partial charge in [-0.15, -0.1) is 0 Å². The number of piperazine rings is 1. The summed E-state index contributed by atoms with van der Waals surface area (Å²) in [5.41, 5.74) is 0.818. The number of amides is 1. The molecule has 2 aliphatic heterocycles. The first-order valence-corrected chi connectivity index (χ1v) is 11.3. The SMILES string of the molecule is COc1cccc(NC(=O)c2cn3c4c(c(N5CCN(C)CC5)c(F)cc4c2=O)OC[C@@H]3C)c1. The van der Waals surface area contributed by atoms with E-state index in [9.17, 15) is 9.59 Å². The topological polar surface area (TPSA) is 76.0 Å². The molecule has 178 valence electrons. The number of carbonyl (C=O) groups is 1. The maximum atomic E-state index is 15.4. The summed E-state index contributed by atoms with van der Waals surface area (Å²) in [6.07, 6.45) is 1.56. The second-order valence-corrected chi connectivity index (χ2v) is 8.85. The van der Waals surface area contributed by atoms with Crippen LogP contribution in [0.5, 0.6) is 11.5 Å². The lowest BCUT2D eigenvalue weighted by Crippen LogP contribution is -2.45. The molecule has 1 fully saturated rings.